The lowest BCUT2D eigenvalue weighted by atomic mass is 9.83. The number of unbranched alkanes of at least 4 members (excludes halogenated alkanes) is 2. The van der Waals surface area contributed by atoms with Crippen molar-refractivity contribution in [1.29, 1.82) is 0 Å². The van der Waals surface area contributed by atoms with E-state index < -0.39 is 21.5 Å². The summed E-state index contributed by atoms with van der Waals surface area (Å²) in [7, 11) is -1.16. The van der Waals surface area contributed by atoms with Crippen LogP contribution in [-0.4, -0.2) is 107 Å². The minimum absolute atomic E-state index is 0.0655. The van der Waals surface area contributed by atoms with Crippen LogP contribution in [0.5, 0.6) is 11.8 Å². The van der Waals surface area contributed by atoms with E-state index in [4.69, 9.17) is 28.2 Å². The second-order valence-corrected chi connectivity index (χ2v) is 17.6. The Bertz CT molecular complexity index is 2580. The van der Waals surface area contributed by atoms with Gasteiger partial charge in [-0.25, -0.2) is 9.37 Å². The lowest BCUT2D eigenvalue weighted by Gasteiger charge is -2.27. The highest BCUT2D eigenvalue weighted by Crippen LogP contribution is 2.49. The lowest BCUT2D eigenvalue weighted by Crippen LogP contribution is -2.36. The van der Waals surface area contributed by atoms with Gasteiger partial charge in [0, 0.05) is 78.9 Å². The van der Waals surface area contributed by atoms with Crippen LogP contribution in [-0.2, 0) is 39.3 Å². The van der Waals surface area contributed by atoms with Gasteiger partial charge in [-0.2, -0.15) is 8.42 Å². The standard InChI is InChI=1S/C49H59N3O12S/c1-35-39(40-20-18-37(33-43(40)63-48(35)36-13-8-6-9-14-36)50(25-27-61-31-29-59-4)26-28-62-32-30-60-5)15-12-16-44-49(2,3)41-34-38(65(56,57)58)19-21-42(41)51(44)24-11-7-10-17-47(55)64-52-45(53)22-23-46(52)54/h6,8-9,12-16,18-23,33-34H,7,10-11,17,24-32H2,1-5H3,(H2-,53,54,56,57,58)/p+1. The van der Waals surface area contributed by atoms with Gasteiger partial charge in [-0.05, 0) is 61.2 Å². The molecule has 1 aliphatic carbocycles. The van der Waals surface area contributed by atoms with Gasteiger partial charge < -0.3 is 43.3 Å². The first-order valence-corrected chi connectivity index (χ1v) is 23.1. The van der Waals surface area contributed by atoms with Crippen LogP contribution in [0.1, 0.15) is 56.2 Å². The summed E-state index contributed by atoms with van der Waals surface area (Å²) >= 11 is 0. The molecule has 15 nitrogen and oxygen atoms in total. The minimum atomic E-state index is -4.46. The van der Waals surface area contributed by atoms with Crippen LogP contribution in [0.15, 0.2) is 106 Å². The Morgan fingerprint density at radius 1 is 0.831 bits per heavy atom. The number of ether oxygens (including phenoxy) is 4. The number of nitrogens with zero attached hydrogens (tertiary/aromatic N) is 3. The van der Waals surface area contributed by atoms with Crippen molar-refractivity contribution < 1.29 is 56.2 Å². The Morgan fingerprint density at radius 2 is 1.51 bits per heavy atom. The fraction of sp³-hybridized carbons (Fsp3) is 0.388. The zero-order chi connectivity index (χ0) is 46.6. The molecule has 0 atom stereocenters. The number of allylic oxidation sites excluding steroid dienone is 3. The normalized spacial score (nSPS) is 14.2. The topological polar surface area (TPSA) is 182 Å². The number of hydrogen-bond acceptors (Lipinski definition) is 12. The molecule has 2 aliphatic heterocycles. The molecule has 3 aliphatic rings. The fourth-order valence-electron chi connectivity index (χ4n) is 7.96. The molecule has 2 aromatic carbocycles. The molecule has 16 heteroatoms. The molecule has 6 rings (SSSR count). The van der Waals surface area contributed by atoms with Crippen LogP contribution in [0, 0.1) is 6.92 Å². The third kappa shape index (κ3) is 12.1. The zero-order valence-electron chi connectivity index (χ0n) is 37.7. The predicted molar refractivity (Wildman–Crippen MR) is 247 cm³/mol. The van der Waals surface area contributed by atoms with E-state index in [1.54, 1.807) is 20.3 Å². The molecule has 0 amide bonds. The Kier molecular flexibility index (Phi) is 16.8. The monoisotopic (exact) mass is 914 g/mol. The van der Waals surface area contributed by atoms with Crippen LogP contribution < -0.4 is 19.7 Å². The quantitative estimate of drug-likeness (QED) is 0.0353. The highest BCUT2D eigenvalue weighted by atomic mass is 32.2. The summed E-state index contributed by atoms with van der Waals surface area (Å²) in [5.41, 5.74) is 5.58. The molecule has 0 saturated heterocycles. The summed E-state index contributed by atoms with van der Waals surface area (Å²) in [4.78, 5) is 19.6. The molecule has 0 unspecified atom stereocenters. The van der Waals surface area contributed by atoms with Crippen molar-refractivity contribution in [3.05, 3.63) is 119 Å². The number of carbonyl (C=O) groups excluding carboxylic acids is 1. The summed E-state index contributed by atoms with van der Waals surface area (Å²) in [6, 6.07) is 23.3. The Morgan fingerprint density at radius 3 is 2.15 bits per heavy atom. The second-order valence-electron chi connectivity index (χ2n) is 16.2. The van der Waals surface area contributed by atoms with Crippen LogP contribution in [0.2, 0.25) is 0 Å². The van der Waals surface area contributed by atoms with Crippen molar-refractivity contribution >= 4 is 27.9 Å². The van der Waals surface area contributed by atoms with Crippen molar-refractivity contribution in [1.82, 2.24) is 9.31 Å². The van der Waals surface area contributed by atoms with Crippen molar-refractivity contribution in [2.24, 2.45) is 0 Å². The summed E-state index contributed by atoms with van der Waals surface area (Å²) in [5, 5.41) is 20.6. The van der Waals surface area contributed by atoms with E-state index in [-0.39, 0.29) is 23.1 Å². The number of methoxy groups -OCH3 is 2. The Labute approximate surface area is 380 Å². The molecule has 65 heavy (non-hydrogen) atoms. The number of carbonyl (C=O) groups is 1. The van der Waals surface area contributed by atoms with Crippen LogP contribution in [0.25, 0.3) is 28.7 Å². The van der Waals surface area contributed by atoms with Gasteiger partial charge in [0.25, 0.3) is 10.1 Å². The number of fused-ring (bicyclic) bond motifs is 2. The maximum Gasteiger partial charge on any atom is 0.333 e. The van der Waals surface area contributed by atoms with E-state index in [1.165, 1.54) is 24.3 Å². The van der Waals surface area contributed by atoms with Crippen LogP contribution >= 0.6 is 0 Å². The molecule has 3 N–H and O–H groups in total. The molecular weight excluding hydrogens is 855 g/mol. The smallest absolute Gasteiger partial charge is 0.333 e. The fourth-order valence-corrected chi connectivity index (χ4v) is 8.47. The maximum absolute atomic E-state index is 12.5. The molecule has 0 spiro atoms. The first-order chi connectivity index (χ1) is 31.2. The average Bonchev–Trinajstić information content (AvgIpc) is 3.71. The highest BCUT2D eigenvalue weighted by Gasteiger charge is 2.40. The minimum Gasteiger partial charge on any atom is -0.492 e. The molecular formula is C49H60N3O12S+. The van der Waals surface area contributed by atoms with Crippen LogP contribution in [0.4, 0.5) is 5.69 Å². The molecule has 1 aromatic heterocycles. The lowest BCUT2D eigenvalue weighted by molar-refractivity contribution is -0.145. The van der Waals surface area contributed by atoms with E-state index in [0.717, 1.165) is 50.3 Å². The second kappa shape index (κ2) is 22.4. The number of aromatic hydroxyl groups is 2. The van der Waals surface area contributed by atoms with E-state index in [9.17, 15) is 28.0 Å². The van der Waals surface area contributed by atoms with Gasteiger partial charge >= 0.3 is 5.97 Å². The predicted octanol–water partition coefficient (Wildman–Crippen LogP) is 6.83. The van der Waals surface area contributed by atoms with E-state index in [1.807, 2.05) is 63.3 Å². The molecule has 0 saturated carbocycles. The molecule has 3 aromatic rings. The number of benzene rings is 3. The van der Waals surface area contributed by atoms with Crippen molar-refractivity contribution in [3.63, 3.8) is 0 Å². The van der Waals surface area contributed by atoms with E-state index in [0.29, 0.717) is 89.0 Å². The Balaban J connectivity index is 1.33. The number of rotatable bonds is 23. The molecule has 348 valence electrons. The van der Waals surface area contributed by atoms with Gasteiger partial charge in [-0.1, -0.05) is 62.8 Å². The third-order valence-corrected chi connectivity index (χ3v) is 12.3. The van der Waals surface area contributed by atoms with Crippen molar-refractivity contribution in [2.45, 2.75) is 56.8 Å². The first-order valence-electron chi connectivity index (χ1n) is 21.7. The average molecular weight is 915 g/mol. The van der Waals surface area contributed by atoms with Gasteiger partial charge in [-0.3, -0.25) is 4.55 Å². The van der Waals surface area contributed by atoms with Gasteiger partial charge in [0.2, 0.25) is 17.1 Å². The van der Waals surface area contributed by atoms with Crippen molar-refractivity contribution in [2.75, 3.05) is 78.4 Å². The van der Waals surface area contributed by atoms with Gasteiger partial charge in [0.1, 0.15) is 24.7 Å². The summed E-state index contributed by atoms with van der Waals surface area (Å²) in [5.74, 6) is 0.0577. The van der Waals surface area contributed by atoms with Gasteiger partial charge in [0.05, 0.1) is 37.4 Å². The number of hydrogen-bond donors (Lipinski definition) is 3. The summed E-state index contributed by atoms with van der Waals surface area (Å²) in [6.45, 7) is 10.9. The largest absolute Gasteiger partial charge is 0.492 e. The number of anilines is 1. The summed E-state index contributed by atoms with van der Waals surface area (Å²) < 4.78 is 66.2. The first kappa shape index (κ1) is 48.7. The zero-order valence-corrected chi connectivity index (χ0v) is 38.5. The van der Waals surface area contributed by atoms with E-state index in [2.05, 4.69) is 33.8 Å². The Hall–Kier alpha value is -5.75. The van der Waals surface area contributed by atoms with Crippen LogP contribution in [0.3, 0.4) is 0 Å². The number of aromatic nitrogens is 1. The van der Waals surface area contributed by atoms with Gasteiger partial charge in [0.15, 0.2) is 13.1 Å². The molecule has 0 bridgehead atoms. The van der Waals surface area contributed by atoms with Crippen molar-refractivity contribution in [3.8, 4) is 34.4 Å². The molecule has 0 radical (unpaired) electrons. The van der Waals surface area contributed by atoms with E-state index >= 15 is 0 Å². The highest BCUT2D eigenvalue weighted by molar-refractivity contribution is 7.85. The maximum atomic E-state index is 12.5. The summed E-state index contributed by atoms with van der Waals surface area (Å²) in [6.07, 6.45) is 8.01. The third-order valence-electron chi connectivity index (χ3n) is 11.4. The van der Waals surface area contributed by atoms with Gasteiger partial charge in [-0.15, -0.1) is 4.73 Å². The molecule has 3 heterocycles. The SMILES string of the molecule is COCCOCC[N+](CCOCCOC)=c1ccc2c(C=CC=C3N(CCCCCC(=O)On4c(O)ccc4O)c4ccc(S(=O)(=O)O)cc4C3(C)C)c(C)c(-c3ccccc3)oc-2c1. The molecule has 0 fully saturated rings.